The molecule has 0 radical (unpaired) electrons. The number of hydrogen-bond acceptors (Lipinski definition) is 3. The van der Waals surface area contributed by atoms with Gasteiger partial charge >= 0.3 is 0 Å². The summed E-state index contributed by atoms with van der Waals surface area (Å²) in [7, 11) is 0. The van der Waals surface area contributed by atoms with Gasteiger partial charge in [0.25, 0.3) is 0 Å². The van der Waals surface area contributed by atoms with E-state index >= 15 is 0 Å². The van der Waals surface area contributed by atoms with Gasteiger partial charge in [0.1, 0.15) is 6.61 Å². The van der Waals surface area contributed by atoms with Gasteiger partial charge in [-0.2, -0.15) is 0 Å². The Kier molecular flexibility index (Phi) is 9.68. The summed E-state index contributed by atoms with van der Waals surface area (Å²) in [5.41, 5.74) is 0. The highest BCUT2D eigenvalue weighted by Crippen LogP contribution is 2.12. The van der Waals surface area contributed by atoms with Crippen LogP contribution in [0.15, 0.2) is 0 Å². The summed E-state index contributed by atoms with van der Waals surface area (Å²) in [5, 5.41) is 6.24. The molecule has 0 bridgehead atoms. The first-order valence-corrected chi connectivity index (χ1v) is 5.88. The number of nitrogens with one attached hydrogen (secondary N) is 2. The smallest absolute Gasteiger partial charge is 0.245 e. The van der Waals surface area contributed by atoms with Crippen LogP contribution in [0.5, 0.6) is 0 Å². The third kappa shape index (κ3) is 7.04. The maximum absolute atomic E-state index is 11.2. The zero-order valence-electron chi connectivity index (χ0n) is 9.96. The van der Waals surface area contributed by atoms with Gasteiger partial charge in [-0.05, 0) is 45.2 Å². The molecular formula is C11H23ClN2O2. The van der Waals surface area contributed by atoms with E-state index in [-0.39, 0.29) is 24.9 Å². The molecule has 2 N–H and O–H groups in total. The van der Waals surface area contributed by atoms with Crippen LogP contribution in [-0.4, -0.2) is 38.8 Å². The van der Waals surface area contributed by atoms with Gasteiger partial charge in [-0.15, -0.1) is 12.4 Å². The Bertz CT molecular complexity index is 185. The van der Waals surface area contributed by atoms with Crippen LogP contribution in [-0.2, 0) is 9.53 Å². The number of piperidine rings is 1. The highest BCUT2D eigenvalue weighted by atomic mass is 35.5. The molecule has 1 saturated heterocycles. The van der Waals surface area contributed by atoms with Gasteiger partial charge in [0.15, 0.2) is 0 Å². The predicted molar refractivity (Wildman–Crippen MR) is 67.0 cm³/mol. The fourth-order valence-electron chi connectivity index (χ4n) is 1.83. The van der Waals surface area contributed by atoms with Crippen molar-refractivity contribution in [1.82, 2.24) is 10.6 Å². The topological polar surface area (TPSA) is 50.4 Å². The Labute approximate surface area is 104 Å². The minimum absolute atomic E-state index is 0. The molecule has 0 aromatic rings. The lowest BCUT2D eigenvalue weighted by Crippen LogP contribution is -2.34. The highest BCUT2D eigenvalue weighted by molar-refractivity contribution is 5.85. The molecule has 1 unspecified atom stereocenters. The van der Waals surface area contributed by atoms with E-state index in [4.69, 9.17) is 4.74 Å². The van der Waals surface area contributed by atoms with E-state index in [2.05, 4.69) is 10.6 Å². The first-order valence-electron chi connectivity index (χ1n) is 5.88. The fraction of sp³-hybridized carbons (Fsp3) is 0.909. The summed E-state index contributed by atoms with van der Waals surface area (Å²) in [4.78, 5) is 11.2. The molecule has 1 heterocycles. The molecule has 1 atom stereocenters. The van der Waals surface area contributed by atoms with Crippen molar-refractivity contribution in [3.05, 3.63) is 0 Å². The van der Waals surface area contributed by atoms with Crippen molar-refractivity contribution in [3.63, 3.8) is 0 Å². The van der Waals surface area contributed by atoms with E-state index < -0.39 is 0 Å². The number of carbonyl (C=O) groups excluding carboxylic acids is 1. The summed E-state index contributed by atoms with van der Waals surface area (Å²) >= 11 is 0. The standard InChI is InChI=1S/C11H22N2O2.ClH/c1-2-15-9-11(14)13-7-5-10-4-3-6-12-8-10;/h10,12H,2-9H2,1H3,(H,13,14);1H. The number of rotatable bonds is 6. The molecule has 5 heteroatoms. The molecule has 0 aromatic heterocycles. The second-order valence-corrected chi connectivity index (χ2v) is 3.99. The number of ether oxygens (including phenoxy) is 1. The summed E-state index contributed by atoms with van der Waals surface area (Å²) < 4.78 is 5.01. The van der Waals surface area contributed by atoms with Crippen molar-refractivity contribution >= 4 is 18.3 Å². The van der Waals surface area contributed by atoms with Crippen molar-refractivity contribution in [2.24, 2.45) is 5.92 Å². The third-order valence-electron chi connectivity index (χ3n) is 2.71. The number of carbonyl (C=O) groups is 1. The Hall–Kier alpha value is -0.320. The van der Waals surface area contributed by atoms with E-state index in [0.717, 1.165) is 32.0 Å². The lowest BCUT2D eigenvalue weighted by molar-refractivity contribution is -0.125. The quantitative estimate of drug-likeness (QED) is 0.738. The lowest BCUT2D eigenvalue weighted by Gasteiger charge is -2.22. The number of amides is 1. The van der Waals surface area contributed by atoms with Crippen LogP contribution in [0.25, 0.3) is 0 Å². The molecule has 1 aliphatic rings. The van der Waals surface area contributed by atoms with Gasteiger partial charge in [0.05, 0.1) is 0 Å². The molecule has 0 aromatic carbocycles. The monoisotopic (exact) mass is 250 g/mol. The third-order valence-corrected chi connectivity index (χ3v) is 2.71. The number of hydrogen-bond donors (Lipinski definition) is 2. The summed E-state index contributed by atoms with van der Waals surface area (Å²) in [5.74, 6) is 0.728. The van der Waals surface area contributed by atoms with E-state index in [1.54, 1.807) is 0 Å². The predicted octanol–water partition coefficient (Wildman–Crippen LogP) is 0.951. The van der Waals surface area contributed by atoms with E-state index in [9.17, 15) is 4.79 Å². The van der Waals surface area contributed by atoms with Crippen molar-refractivity contribution < 1.29 is 9.53 Å². The Morgan fingerprint density at radius 1 is 1.56 bits per heavy atom. The molecule has 1 rings (SSSR count). The van der Waals surface area contributed by atoms with E-state index in [1.165, 1.54) is 12.8 Å². The Morgan fingerprint density at radius 3 is 3.00 bits per heavy atom. The SMILES string of the molecule is CCOCC(=O)NCCC1CCCNC1.Cl. The average molecular weight is 251 g/mol. The maximum Gasteiger partial charge on any atom is 0.245 e. The zero-order valence-corrected chi connectivity index (χ0v) is 10.8. The molecule has 1 amide bonds. The molecular weight excluding hydrogens is 228 g/mol. The van der Waals surface area contributed by atoms with Crippen LogP contribution in [0.1, 0.15) is 26.2 Å². The van der Waals surface area contributed by atoms with Gasteiger partial charge in [0, 0.05) is 13.2 Å². The van der Waals surface area contributed by atoms with Crippen LogP contribution in [0, 0.1) is 5.92 Å². The van der Waals surface area contributed by atoms with Crippen LogP contribution < -0.4 is 10.6 Å². The molecule has 16 heavy (non-hydrogen) atoms. The largest absolute Gasteiger partial charge is 0.372 e. The first-order chi connectivity index (χ1) is 7.33. The van der Waals surface area contributed by atoms with Crippen molar-refractivity contribution in [2.45, 2.75) is 26.2 Å². The molecule has 96 valence electrons. The molecule has 0 spiro atoms. The first kappa shape index (κ1) is 15.7. The summed E-state index contributed by atoms with van der Waals surface area (Å²) in [6, 6.07) is 0. The summed E-state index contributed by atoms with van der Waals surface area (Å²) in [6.45, 7) is 5.70. The van der Waals surface area contributed by atoms with Crippen LogP contribution in [0.2, 0.25) is 0 Å². The van der Waals surface area contributed by atoms with Gasteiger partial charge < -0.3 is 15.4 Å². The number of halogens is 1. The second-order valence-electron chi connectivity index (χ2n) is 3.99. The normalized spacial score (nSPS) is 19.9. The van der Waals surface area contributed by atoms with Crippen LogP contribution in [0.4, 0.5) is 0 Å². The molecule has 4 nitrogen and oxygen atoms in total. The Balaban J connectivity index is 0.00000225. The van der Waals surface area contributed by atoms with Crippen molar-refractivity contribution in [2.75, 3.05) is 32.8 Å². The van der Waals surface area contributed by atoms with Gasteiger partial charge in [-0.3, -0.25) is 4.79 Å². The van der Waals surface area contributed by atoms with Gasteiger partial charge in [-0.25, -0.2) is 0 Å². The zero-order chi connectivity index (χ0) is 10.9. The molecule has 1 aliphatic heterocycles. The molecule has 0 saturated carbocycles. The summed E-state index contributed by atoms with van der Waals surface area (Å²) in [6.07, 6.45) is 3.62. The maximum atomic E-state index is 11.2. The average Bonchev–Trinajstić information content (AvgIpc) is 2.28. The Morgan fingerprint density at radius 2 is 2.38 bits per heavy atom. The van der Waals surface area contributed by atoms with Crippen molar-refractivity contribution in [3.8, 4) is 0 Å². The van der Waals surface area contributed by atoms with E-state index in [0.29, 0.717) is 6.61 Å². The minimum atomic E-state index is 0. The molecule has 1 fully saturated rings. The fourth-order valence-corrected chi connectivity index (χ4v) is 1.83. The molecule has 0 aliphatic carbocycles. The lowest BCUT2D eigenvalue weighted by atomic mass is 9.96. The second kappa shape index (κ2) is 9.87. The van der Waals surface area contributed by atoms with Crippen LogP contribution >= 0.6 is 12.4 Å². The van der Waals surface area contributed by atoms with Crippen molar-refractivity contribution in [1.29, 1.82) is 0 Å². The van der Waals surface area contributed by atoms with E-state index in [1.807, 2.05) is 6.92 Å². The van der Waals surface area contributed by atoms with Gasteiger partial charge in [-0.1, -0.05) is 0 Å². The van der Waals surface area contributed by atoms with Crippen LogP contribution in [0.3, 0.4) is 0 Å². The minimum Gasteiger partial charge on any atom is -0.372 e. The highest BCUT2D eigenvalue weighted by Gasteiger charge is 2.12. The van der Waals surface area contributed by atoms with Gasteiger partial charge in [0.2, 0.25) is 5.91 Å².